The van der Waals surface area contributed by atoms with Crippen molar-refractivity contribution in [3.8, 4) is 0 Å². The molecule has 36 heavy (non-hydrogen) atoms. The van der Waals surface area contributed by atoms with Crippen molar-refractivity contribution in [3.05, 3.63) is 107 Å². The number of hydrogen-bond acceptors (Lipinski definition) is 3. The van der Waals surface area contributed by atoms with E-state index in [0.717, 1.165) is 23.3 Å². The Morgan fingerprint density at radius 3 is 1.86 bits per heavy atom. The summed E-state index contributed by atoms with van der Waals surface area (Å²) in [6.07, 6.45) is -4.44. The zero-order valence-corrected chi connectivity index (χ0v) is 19.7. The molecule has 0 aliphatic carbocycles. The van der Waals surface area contributed by atoms with Gasteiger partial charge in [0.15, 0.2) is 0 Å². The second kappa shape index (κ2) is 9.09. The van der Waals surface area contributed by atoms with Crippen LogP contribution in [0.25, 0.3) is 0 Å². The van der Waals surface area contributed by atoms with Crippen LogP contribution in [0.1, 0.15) is 35.2 Å². The highest BCUT2D eigenvalue weighted by Crippen LogP contribution is 2.40. The average molecular weight is 494 g/mol. The molecule has 0 saturated carbocycles. The molecule has 2 saturated heterocycles. The number of piperazine rings is 1. The Balaban J connectivity index is 1.51. The lowest BCUT2D eigenvalue weighted by Gasteiger charge is -2.57. The molecule has 2 heterocycles. The molecule has 2 amide bonds. The number of halogens is 3. The third-order valence-electron chi connectivity index (χ3n) is 7.16. The minimum absolute atomic E-state index is 0.0594. The fourth-order valence-electron chi connectivity index (χ4n) is 5.13. The first-order valence-corrected chi connectivity index (χ1v) is 11.8. The molecule has 8 heteroatoms. The van der Waals surface area contributed by atoms with Gasteiger partial charge in [0.1, 0.15) is 11.6 Å². The van der Waals surface area contributed by atoms with Crippen LogP contribution in [0.15, 0.2) is 84.9 Å². The van der Waals surface area contributed by atoms with E-state index in [1.165, 1.54) is 12.1 Å². The second-order valence-corrected chi connectivity index (χ2v) is 9.37. The first-order valence-electron chi connectivity index (χ1n) is 11.8. The van der Waals surface area contributed by atoms with E-state index in [2.05, 4.69) is 5.32 Å². The van der Waals surface area contributed by atoms with Crippen LogP contribution in [0, 0.1) is 0 Å². The van der Waals surface area contributed by atoms with Gasteiger partial charge in [0.25, 0.3) is 5.91 Å². The summed E-state index contributed by atoms with van der Waals surface area (Å²) in [7, 11) is 0. The topological polar surface area (TPSA) is 52.7 Å². The van der Waals surface area contributed by atoms with Gasteiger partial charge in [0.05, 0.1) is 11.6 Å². The van der Waals surface area contributed by atoms with Crippen molar-refractivity contribution < 1.29 is 22.8 Å². The third kappa shape index (κ3) is 4.05. The molecule has 1 unspecified atom stereocenters. The molecule has 2 fully saturated rings. The summed E-state index contributed by atoms with van der Waals surface area (Å²) < 4.78 is 39.0. The van der Waals surface area contributed by atoms with Gasteiger partial charge < -0.3 is 15.1 Å². The van der Waals surface area contributed by atoms with Crippen LogP contribution < -0.4 is 5.32 Å². The zero-order chi connectivity index (χ0) is 25.5. The minimum Gasteiger partial charge on any atom is -0.319 e. The monoisotopic (exact) mass is 493 g/mol. The van der Waals surface area contributed by atoms with Crippen LogP contribution in [0.2, 0.25) is 0 Å². The van der Waals surface area contributed by atoms with Crippen molar-refractivity contribution in [1.29, 1.82) is 0 Å². The Kier molecular flexibility index (Phi) is 6.08. The van der Waals surface area contributed by atoms with Gasteiger partial charge in [-0.25, -0.2) is 0 Å². The number of hydrogen-bond donors (Lipinski definition) is 1. The Labute approximate surface area is 207 Å². The van der Waals surface area contributed by atoms with Crippen LogP contribution in [-0.4, -0.2) is 46.3 Å². The number of nitrogens with zero attached hydrogens (tertiary/aromatic N) is 2. The minimum atomic E-state index is -4.44. The van der Waals surface area contributed by atoms with Crippen molar-refractivity contribution in [3.63, 3.8) is 0 Å². The number of rotatable bonds is 5. The number of benzene rings is 3. The molecule has 3 aromatic carbocycles. The number of nitrogens with one attached hydrogen (secondary N) is 1. The largest absolute Gasteiger partial charge is 0.416 e. The summed E-state index contributed by atoms with van der Waals surface area (Å²) in [5.74, 6) is -0.397. The van der Waals surface area contributed by atoms with E-state index in [9.17, 15) is 22.8 Å². The first kappa shape index (κ1) is 24.1. The molecular weight excluding hydrogens is 467 g/mol. The molecule has 1 spiro atoms. The van der Waals surface area contributed by atoms with Crippen LogP contribution in [0.3, 0.4) is 0 Å². The maximum atomic E-state index is 14.2. The molecule has 1 N–H and O–H groups in total. The maximum absolute atomic E-state index is 14.2. The Hall–Kier alpha value is -3.65. The van der Waals surface area contributed by atoms with Gasteiger partial charge >= 0.3 is 6.18 Å². The fourth-order valence-corrected chi connectivity index (χ4v) is 5.13. The molecule has 0 aromatic heterocycles. The lowest BCUT2D eigenvalue weighted by Crippen LogP contribution is -2.81. The van der Waals surface area contributed by atoms with Gasteiger partial charge in [-0.05, 0) is 35.7 Å². The molecule has 1 atom stereocenters. The SMILES string of the molecule is CC1C(=O)N(Cc2ccc(C(F)(F)F)cc2)C2(CNC2)C(=O)N1C(c1ccccc1)c1ccccc1. The molecule has 2 aliphatic heterocycles. The Morgan fingerprint density at radius 1 is 0.889 bits per heavy atom. The standard InChI is InChI=1S/C28H26F3N3O2/c1-19-25(35)33(16-20-12-14-23(15-13-20)28(29,30)31)27(17-32-18-27)26(36)34(19)24(21-8-4-2-5-9-21)22-10-6-3-7-11-22/h2-15,19,24,32H,16-18H2,1H3. The van der Waals surface area contributed by atoms with Gasteiger partial charge in [-0.3, -0.25) is 9.59 Å². The smallest absolute Gasteiger partial charge is 0.319 e. The summed E-state index contributed by atoms with van der Waals surface area (Å²) in [6, 6.07) is 22.8. The molecule has 0 radical (unpaired) electrons. The van der Waals surface area contributed by atoms with Crippen molar-refractivity contribution in [1.82, 2.24) is 15.1 Å². The predicted octanol–water partition coefficient (Wildman–Crippen LogP) is 4.40. The Bertz CT molecular complexity index is 1200. The maximum Gasteiger partial charge on any atom is 0.416 e. The summed E-state index contributed by atoms with van der Waals surface area (Å²) in [4.78, 5) is 31.2. The fraction of sp³-hybridized carbons (Fsp3) is 0.286. The van der Waals surface area contributed by atoms with E-state index >= 15 is 0 Å². The van der Waals surface area contributed by atoms with Crippen LogP contribution >= 0.6 is 0 Å². The summed E-state index contributed by atoms with van der Waals surface area (Å²) >= 11 is 0. The van der Waals surface area contributed by atoms with Gasteiger partial charge in [0, 0.05) is 19.6 Å². The van der Waals surface area contributed by atoms with Crippen LogP contribution in [0.5, 0.6) is 0 Å². The summed E-state index contributed by atoms with van der Waals surface area (Å²) in [5.41, 5.74) is 0.499. The van der Waals surface area contributed by atoms with E-state index in [1.54, 1.807) is 16.7 Å². The third-order valence-corrected chi connectivity index (χ3v) is 7.16. The van der Waals surface area contributed by atoms with Crippen LogP contribution in [0.4, 0.5) is 13.2 Å². The highest BCUT2D eigenvalue weighted by Gasteiger charge is 2.59. The van der Waals surface area contributed by atoms with Crippen molar-refractivity contribution in [2.75, 3.05) is 13.1 Å². The molecule has 2 aliphatic rings. The van der Waals surface area contributed by atoms with Gasteiger partial charge in [0.2, 0.25) is 5.91 Å². The average Bonchev–Trinajstić information content (AvgIpc) is 2.85. The molecule has 0 bridgehead atoms. The predicted molar refractivity (Wildman–Crippen MR) is 129 cm³/mol. The molecule has 5 nitrogen and oxygen atoms in total. The van der Waals surface area contributed by atoms with E-state index in [1.807, 2.05) is 60.7 Å². The van der Waals surface area contributed by atoms with Crippen molar-refractivity contribution in [2.45, 2.75) is 37.3 Å². The molecule has 5 rings (SSSR count). The normalized spacial score (nSPS) is 19.6. The lowest BCUT2D eigenvalue weighted by molar-refractivity contribution is -0.177. The number of carbonyl (C=O) groups excluding carboxylic acids is 2. The molecule has 186 valence electrons. The molecular formula is C28H26F3N3O2. The summed E-state index contributed by atoms with van der Waals surface area (Å²) in [5, 5.41) is 3.13. The number of carbonyl (C=O) groups is 2. The highest BCUT2D eigenvalue weighted by molar-refractivity contribution is 6.01. The van der Waals surface area contributed by atoms with Crippen molar-refractivity contribution in [2.24, 2.45) is 0 Å². The van der Waals surface area contributed by atoms with E-state index in [0.29, 0.717) is 5.56 Å². The zero-order valence-electron chi connectivity index (χ0n) is 19.7. The molecule has 3 aromatic rings. The van der Waals surface area contributed by atoms with Gasteiger partial charge in [-0.1, -0.05) is 72.8 Å². The highest BCUT2D eigenvalue weighted by atomic mass is 19.4. The van der Waals surface area contributed by atoms with Crippen molar-refractivity contribution >= 4 is 11.8 Å². The summed E-state index contributed by atoms with van der Waals surface area (Å²) in [6.45, 7) is 2.36. The van der Waals surface area contributed by atoms with Gasteiger partial charge in [-0.15, -0.1) is 0 Å². The lowest BCUT2D eigenvalue weighted by atomic mass is 9.81. The van der Waals surface area contributed by atoms with Gasteiger partial charge in [-0.2, -0.15) is 13.2 Å². The Morgan fingerprint density at radius 2 is 1.42 bits per heavy atom. The van der Waals surface area contributed by atoms with E-state index in [-0.39, 0.29) is 31.4 Å². The number of amides is 2. The second-order valence-electron chi connectivity index (χ2n) is 9.37. The van der Waals surface area contributed by atoms with E-state index in [4.69, 9.17) is 0 Å². The quantitative estimate of drug-likeness (QED) is 0.574. The first-order chi connectivity index (χ1) is 17.2. The number of alkyl halides is 3. The van der Waals surface area contributed by atoms with Crippen LogP contribution in [-0.2, 0) is 22.3 Å². The van der Waals surface area contributed by atoms with E-state index < -0.39 is 29.4 Å².